The Balaban J connectivity index is 1.63. The van der Waals surface area contributed by atoms with Gasteiger partial charge in [0.2, 0.25) is 11.8 Å². The number of carbonyl (C=O) groups is 2. The Hall–Kier alpha value is -1.43. The average Bonchev–Trinajstić information content (AvgIpc) is 2.84. The van der Waals surface area contributed by atoms with Gasteiger partial charge < -0.3 is 10.2 Å². The first kappa shape index (κ1) is 14.5. The fourth-order valence-electron chi connectivity index (χ4n) is 3.01. The van der Waals surface area contributed by atoms with Crippen LogP contribution in [-0.2, 0) is 9.59 Å². The van der Waals surface area contributed by atoms with E-state index in [0.29, 0.717) is 17.0 Å². The van der Waals surface area contributed by atoms with Gasteiger partial charge in [0.05, 0.1) is 5.69 Å². The number of aromatic nitrogens is 1. The molecule has 2 aliphatic rings. The van der Waals surface area contributed by atoms with Crippen LogP contribution in [0.3, 0.4) is 0 Å². The van der Waals surface area contributed by atoms with Gasteiger partial charge in [0, 0.05) is 37.2 Å². The lowest BCUT2D eigenvalue weighted by Gasteiger charge is -2.36. The summed E-state index contributed by atoms with van der Waals surface area (Å²) in [7, 11) is 0. The molecule has 1 saturated heterocycles. The molecule has 1 aliphatic heterocycles. The Labute approximate surface area is 128 Å². The highest BCUT2D eigenvalue weighted by molar-refractivity contribution is 7.13. The second kappa shape index (κ2) is 6.13. The summed E-state index contributed by atoms with van der Waals surface area (Å²) in [5.41, 5.74) is 1.01. The highest BCUT2D eigenvalue weighted by atomic mass is 32.1. The molecule has 0 aromatic carbocycles. The van der Waals surface area contributed by atoms with E-state index in [4.69, 9.17) is 0 Å². The summed E-state index contributed by atoms with van der Waals surface area (Å²) in [6.07, 6.45) is 5.42. The highest BCUT2D eigenvalue weighted by Crippen LogP contribution is 2.33. The van der Waals surface area contributed by atoms with Crippen molar-refractivity contribution in [1.29, 1.82) is 0 Å². The Kier molecular flexibility index (Phi) is 4.24. The smallest absolute Gasteiger partial charge is 0.225 e. The fraction of sp³-hybridized carbons (Fsp3) is 0.667. The standard InChI is InChI=1S/C15H21N3O2S/c1-10(19)16-15-17-13(9-21-15)12-6-3-7-18(8-12)14(20)11-4-2-5-11/h9,11-12H,2-8H2,1H3,(H,16,17,19). The maximum absolute atomic E-state index is 12.4. The average molecular weight is 307 g/mol. The molecule has 2 heterocycles. The SMILES string of the molecule is CC(=O)Nc1nc(C2CCCN(C(=O)C3CCC3)C2)cs1. The monoisotopic (exact) mass is 307 g/mol. The van der Waals surface area contributed by atoms with Gasteiger partial charge in [-0.05, 0) is 25.7 Å². The molecule has 1 unspecified atom stereocenters. The van der Waals surface area contributed by atoms with Crippen molar-refractivity contribution >= 4 is 28.3 Å². The molecule has 3 rings (SSSR count). The first-order valence-electron chi connectivity index (χ1n) is 7.65. The first-order valence-corrected chi connectivity index (χ1v) is 8.53. The van der Waals surface area contributed by atoms with E-state index in [1.165, 1.54) is 24.7 Å². The fourth-order valence-corrected chi connectivity index (χ4v) is 3.85. The summed E-state index contributed by atoms with van der Waals surface area (Å²) in [5, 5.41) is 5.38. The third kappa shape index (κ3) is 3.26. The minimum atomic E-state index is -0.0960. The summed E-state index contributed by atoms with van der Waals surface area (Å²) >= 11 is 1.46. The van der Waals surface area contributed by atoms with Gasteiger partial charge in [0.15, 0.2) is 5.13 Å². The maximum atomic E-state index is 12.4. The number of rotatable bonds is 3. The van der Waals surface area contributed by atoms with Crippen molar-refractivity contribution in [3.05, 3.63) is 11.1 Å². The number of anilines is 1. The van der Waals surface area contributed by atoms with Gasteiger partial charge in [0.25, 0.3) is 0 Å². The summed E-state index contributed by atoms with van der Waals surface area (Å²) in [5.74, 6) is 0.820. The number of likely N-dealkylation sites (tertiary alicyclic amines) is 1. The summed E-state index contributed by atoms with van der Waals surface area (Å²) in [6.45, 7) is 3.15. The molecule has 21 heavy (non-hydrogen) atoms. The molecule has 114 valence electrons. The molecule has 6 heteroatoms. The number of nitrogens with zero attached hydrogens (tertiary/aromatic N) is 2. The molecule has 1 aliphatic carbocycles. The highest BCUT2D eigenvalue weighted by Gasteiger charge is 2.33. The van der Waals surface area contributed by atoms with Gasteiger partial charge in [-0.15, -0.1) is 11.3 Å². The van der Waals surface area contributed by atoms with Gasteiger partial charge in [-0.2, -0.15) is 0 Å². The molecule has 1 saturated carbocycles. The molecule has 0 radical (unpaired) electrons. The van der Waals surface area contributed by atoms with Crippen LogP contribution in [-0.4, -0.2) is 34.8 Å². The van der Waals surface area contributed by atoms with Crippen LogP contribution in [0.2, 0.25) is 0 Å². The predicted molar refractivity (Wildman–Crippen MR) is 82.3 cm³/mol. The minimum absolute atomic E-state index is 0.0960. The van der Waals surface area contributed by atoms with Crippen LogP contribution in [0.15, 0.2) is 5.38 Å². The Bertz CT molecular complexity index is 539. The lowest BCUT2D eigenvalue weighted by Crippen LogP contribution is -2.44. The topological polar surface area (TPSA) is 62.3 Å². The Morgan fingerprint density at radius 1 is 1.33 bits per heavy atom. The van der Waals surface area contributed by atoms with E-state index in [-0.39, 0.29) is 11.8 Å². The van der Waals surface area contributed by atoms with E-state index >= 15 is 0 Å². The molecule has 1 aromatic heterocycles. The van der Waals surface area contributed by atoms with E-state index in [0.717, 1.165) is 44.5 Å². The first-order chi connectivity index (χ1) is 10.1. The number of carbonyl (C=O) groups excluding carboxylic acids is 2. The molecule has 0 spiro atoms. The van der Waals surface area contributed by atoms with Gasteiger partial charge in [-0.1, -0.05) is 6.42 Å². The van der Waals surface area contributed by atoms with Gasteiger partial charge in [-0.3, -0.25) is 9.59 Å². The minimum Gasteiger partial charge on any atom is -0.342 e. The summed E-state index contributed by atoms with van der Waals surface area (Å²) in [4.78, 5) is 29.9. The Morgan fingerprint density at radius 3 is 2.81 bits per heavy atom. The molecule has 1 N–H and O–H groups in total. The van der Waals surface area contributed by atoms with E-state index in [1.54, 1.807) is 0 Å². The van der Waals surface area contributed by atoms with E-state index in [9.17, 15) is 9.59 Å². The second-order valence-electron chi connectivity index (χ2n) is 6.01. The van der Waals surface area contributed by atoms with Gasteiger partial charge in [-0.25, -0.2) is 4.98 Å². The van der Waals surface area contributed by atoms with E-state index in [2.05, 4.69) is 10.3 Å². The molecule has 1 aromatic rings. The van der Waals surface area contributed by atoms with Crippen LogP contribution in [0.1, 0.15) is 50.6 Å². The number of hydrogen-bond donors (Lipinski definition) is 1. The molecule has 0 bridgehead atoms. The van der Waals surface area contributed by atoms with Crippen molar-refractivity contribution in [3.8, 4) is 0 Å². The predicted octanol–water partition coefficient (Wildman–Crippen LogP) is 2.61. The van der Waals surface area contributed by atoms with Crippen molar-refractivity contribution in [2.75, 3.05) is 18.4 Å². The number of thiazole rings is 1. The molecule has 1 atom stereocenters. The third-order valence-corrected chi connectivity index (χ3v) is 5.19. The summed E-state index contributed by atoms with van der Waals surface area (Å²) < 4.78 is 0. The van der Waals surface area contributed by atoms with Crippen molar-refractivity contribution in [2.45, 2.75) is 44.9 Å². The Morgan fingerprint density at radius 2 is 2.14 bits per heavy atom. The molecule has 5 nitrogen and oxygen atoms in total. The van der Waals surface area contributed by atoms with Crippen molar-refractivity contribution in [2.24, 2.45) is 5.92 Å². The van der Waals surface area contributed by atoms with Crippen LogP contribution >= 0.6 is 11.3 Å². The normalized spacial score (nSPS) is 22.7. The number of amides is 2. The molecule has 2 amide bonds. The van der Waals surface area contributed by atoms with Crippen LogP contribution in [0, 0.1) is 5.92 Å². The van der Waals surface area contributed by atoms with Gasteiger partial charge in [0.1, 0.15) is 0 Å². The van der Waals surface area contributed by atoms with Crippen molar-refractivity contribution in [1.82, 2.24) is 9.88 Å². The largest absolute Gasteiger partial charge is 0.342 e. The zero-order chi connectivity index (χ0) is 14.8. The van der Waals surface area contributed by atoms with Crippen molar-refractivity contribution in [3.63, 3.8) is 0 Å². The summed E-state index contributed by atoms with van der Waals surface area (Å²) in [6, 6.07) is 0. The molecule has 2 fully saturated rings. The third-order valence-electron chi connectivity index (χ3n) is 4.41. The maximum Gasteiger partial charge on any atom is 0.225 e. The lowest BCUT2D eigenvalue weighted by molar-refractivity contribution is -0.139. The molecular weight excluding hydrogens is 286 g/mol. The van der Waals surface area contributed by atoms with Gasteiger partial charge >= 0.3 is 0 Å². The number of piperidine rings is 1. The molecular formula is C15H21N3O2S. The number of hydrogen-bond acceptors (Lipinski definition) is 4. The van der Waals surface area contributed by atoms with Crippen molar-refractivity contribution < 1.29 is 9.59 Å². The van der Waals surface area contributed by atoms with Crippen LogP contribution < -0.4 is 5.32 Å². The van der Waals surface area contributed by atoms with Crippen LogP contribution in [0.4, 0.5) is 5.13 Å². The van der Waals surface area contributed by atoms with Crippen LogP contribution in [0.5, 0.6) is 0 Å². The zero-order valence-electron chi connectivity index (χ0n) is 12.3. The van der Waals surface area contributed by atoms with E-state index in [1.807, 2.05) is 10.3 Å². The van der Waals surface area contributed by atoms with Crippen LogP contribution in [0.25, 0.3) is 0 Å². The zero-order valence-corrected chi connectivity index (χ0v) is 13.1. The quantitative estimate of drug-likeness (QED) is 0.933. The van der Waals surface area contributed by atoms with E-state index < -0.39 is 0 Å². The second-order valence-corrected chi connectivity index (χ2v) is 6.87. The number of nitrogens with one attached hydrogen (secondary N) is 1. The lowest BCUT2D eigenvalue weighted by atomic mass is 9.83.